The van der Waals surface area contributed by atoms with Gasteiger partial charge in [0.15, 0.2) is 0 Å². The lowest BCUT2D eigenvalue weighted by Gasteiger charge is -2.19. The summed E-state index contributed by atoms with van der Waals surface area (Å²) in [6, 6.07) is 2.56. The van der Waals surface area contributed by atoms with Crippen LogP contribution >= 0.6 is 0 Å². The van der Waals surface area contributed by atoms with Crippen molar-refractivity contribution >= 4 is 0 Å². The monoisotopic (exact) mass is 235 g/mol. The van der Waals surface area contributed by atoms with E-state index in [1.54, 1.807) is 0 Å². The van der Waals surface area contributed by atoms with E-state index in [-0.39, 0.29) is 0 Å². The van der Waals surface area contributed by atoms with Crippen molar-refractivity contribution in [3.63, 3.8) is 0 Å². The summed E-state index contributed by atoms with van der Waals surface area (Å²) in [5, 5.41) is 8.13. The van der Waals surface area contributed by atoms with Gasteiger partial charge in [0, 0.05) is 6.54 Å². The van der Waals surface area contributed by atoms with E-state index in [1.807, 2.05) is 0 Å². The molecular formula is C14H25N3. The van der Waals surface area contributed by atoms with Crippen LogP contribution in [0.25, 0.3) is 0 Å². The Balaban J connectivity index is 2.98. The fourth-order valence-electron chi connectivity index (χ4n) is 2.07. The molecule has 1 N–H and O–H groups in total. The van der Waals surface area contributed by atoms with Gasteiger partial charge in [-0.05, 0) is 39.3 Å². The summed E-state index contributed by atoms with van der Waals surface area (Å²) in [7, 11) is 0. The van der Waals surface area contributed by atoms with Crippen LogP contribution in [0.4, 0.5) is 0 Å². The predicted octanol–water partition coefficient (Wildman–Crippen LogP) is 3.08. The zero-order valence-corrected chi connectivity index (χ0v) is 11.6. The van der Waals surface area contributed by atoms with Crippen LogP contribution in [-0.4, -0.2) is 16.3 Å². The predicted molar refractivity (Wildman–Crippen MR) is 73.1 cm³/mol. The number of aromatic nitrogens is 2. The van der Waals surface area contributed by atoms with Gasteiger partial charge in [-0.15, -0.1) is 6.58 Å². The highest BCUT2D eigenvalue weighted by Gasteiger charge is 2.16. The number of nitrogens with zero attached hydrogens (tertiary/aromatic N) is 2. The highest BCUT2D eigenvalue weighted by molar-refractivity contribution is 5.16. The second-order valence-electron chi connectivity index (χ2n) is 4.50. The maximum Gasteiger partial charge on any atom is 0.0625 e. The molecule has 1 rings (SSSR count). The first-order chi connectivity index (χ1) is 8.12. The minimum Gasteiger partial charge on any atom is -0.309 e. The molecule has 1 atom stereocenters. The fourth-order valence-corrected chi connectivity index (χ4v) is 2.07. The first-order valence-corrected chi connectivity index (χ1v) is 6.56. The molecule has 1 unspecified atom stereocenters. The average Bonchev–Trinajstić information content (AvgIpc) is 2.71. The van der Waals surface area contributed by atoms with Crippen molar-refractivity contribution in [3.05, 3.63) is 29.6 Å². The maximum absolute atomic E-state index is 4.60. The molecule has 0 saturated heterocycles. The SMILES string of the molecule is C=C(C)CC(NCC)c1cc(CC)nn1CC. The molecule has 0 spiro atoms. The second kappa shape index (κ2) is 6.60. The zero-order valence-electron chi connectivity index (χ0n) is 11.6. The van der Waals surface area contributed by atoms with Gasteiger partial charge in [-0.3, -0.25) is 4.68 Å². The van der Waals surface area contributed by atoms with Crippen molar-refractivity contribution in [2.24, 2.45) is 0 Å². The van der Waals surface area contributed by atoms with Gasteiger partial charge in [-0.2, -0.15) is 5.10 Å². The van der Waals surface area contributed by atoms with E-state index in [1.165, 1.54) is 17.0 Å². The molecule has 0 aliphatic carbocycles. The third kappa shape index (κ3) is 3.70. The quantitative estimate of drug-likeness (QED) is 0.736. The Bertz CT molecular complexity index is 366. The summed E-state index contributed by atoms with van der Waals surface area (Å²) in [6.45, 7) is 14.4. The van der Waals surface area contributed by atoms with Crippen molar-refractivity contribution in [1.29, 1.82) is 0 Å². The van der Waals surface area contributed by atoms with Crippen molar-refractivity contribution in [1.82, 2.24) is 15.1 Å². The average molecular weight is 235 g/mol. The molecule has 0 aromatic carbocycles. The van der Waals surface area contributed by atoms with Gasteiger partial charge in [-0.25, -0.2) is 0 Å². The third-order valence-electron chi connectivity index (χ3n) is 2.88. The Labute approximate surface area is 105 Å². The summed E-state index contributed by atoms with van der Waals surface area (Å²) in [4.78, 5) is 0. The molecule has 1 heterocycles. The van der Waals surface area contributed by atoms with Gasteiger partial charge in [0.05, 0.1) is 17.4 Å². The Morgan fingerprint density at radius 1 is 1.47 bits per heavy atom. The lowest BCUT2D eigenvalue weighted by Crippen LogP contribution is -2.24. The standard InChI is InChI=1S/C14H25N3/c1-6-12-10-14(17(8-3)16-12)13(15-7-2)9-11(4)5/h10,13,15H,4,6-9H2,1-3,5H3. The van der Waals surface area contributed by atoms with Crippen LogP contribution < -0.4 is 5.32 Å². The molecule has 17 heavy (non-hydrogen) atoms. The minimum absolute atomic E-state index is 0.338. The normalized spacial score (nSPS) is 12.7. The molecule has 96 valence electrons. The van der Waals surface area contributed by atoms with Gasteiger partial charge >= 0.3 is 0 Å². The molecule has 3 nitrogen and oxygen atoms in total. The van der Waals surface area contributed by atoms with Crippen LogP contribution in [0.3, 0.4) is 0 Å². The van der Waals surface area contributed by atoms with Crippen LogP contribution in [0.5, 0.6) is 0 Å². The van der Waals surface area contributed by atoms with Crippen molar-refractivity contribution < 1.29 is 0 Å². The van der Waals surface area contributed by atoms with E-state index in [0.29, 0.717) is 6.04 Å². The number of rotatable bonds is 7. The first-order valence-electron chi connectivity index (χ1n) is 6.56. The van der Waals surface area contributed by atoms with E-state index >= 15 is 0 Å². The van der Waals surface area contributed by atoms with Crippen molar-refractivity contribution in [3.8, 4) is 0 Å². The van der Waals surface area contributed by atoms with E-state index in [9.17, 15) is 0 Å². The molecule has 0 fully saturated rings. The maximum atomic E-state index is 4.60. The lowest BCUT2D eigenvalue weighted by molar-refractivity contribution is 0.488. The smallest absolute Gasteiger partial charge is 0.0625 e. The molecule has 1 aromatic rings. The zero-order chi connectivity index (χ0) is 12.8. The topological polar surface area (TPSA) is 29.9 Å². The van der Waals surface area contributed by atoms with Crippen LogP contribution in [0.1, 0.15) is 51.5 Å². The van der Waals surface area contributed by atoms with Crippen LogP contribution in [0.2, 0.25) is 0 Å². The Kier molecular flexibility index (Phi) is 5.42. The fraction of sp³-hybridized carbons (Fsp3) is 0.643. The lowest BCUT2D eigenvalue weighted by atomic mass is 10.0. The summed E-state index contributed by atoms with van der Waals surface area (Å²) >= 11 is 0. The summed E-state index contributed by atoms with van der Waals surface area (Å²) in [5.41, 5.74) is 3.67. The van der Waals surface area contributed by atoms with E-state index < -0.39 is 0 Å². The largest absolute Gasteiger partial charge is 0.309 e. The highest BCUT2D eigenvalue weighted by Crippen LogP contribution is 2.21. The molecule has 0 aliphatic rings. The van der Waals surface area contributed by atoms with Crippen LogP contribution in [-0.2, 0) is 13.0 Å². The molecule has 0 saturated carbocycles. The summed E-state index contributed by atoms with van der Waals surface area (Å²) < 4.78 is 2.11. The van der Waals surface area contributed by atoms with Gasteiger partial charge in [0.2, 0.25) is 0 Å². The molecule has 0 bridgehead atoms. The van der Waals surface area contributed by atoms with E-state index in [2.05, 4.69) is 55.4 Å². The van der Waals surface area contributed by atoms with Gasteiger partial charge in [0.1, 0.15) is 0 Å². The number of hydrogen-bond donors (Lipinski definition) is 1. The second-order valence-corrected chi connectivity index (χ2v) is 4.50. The van der Waals surface area contributed by atoms with Gasteiger partial charge in [-0.1, -0.05) is 19.4 Å². The van der Waals surface area contributed by atoms with E-state index in [0.717, 1.165) is 25.9 Å². The van der Waals surface area contributed by atoms with Crippen LogP contribution in [0.15, 0.2) is 18.2 Å². The van der Waals surface area contributed by atoms with Crippen molar-refractivity contribution in [2.75, 3.05) is 6.54 Å². The third-order valence-corrected chi connectivity index (χ3v) is 2.88. The molecular weight excluding hydrogens is 210 g/mol. The Hall–Kier alpha value is -1.09. The summed E-state index contributed by atoms with van der Waals surface area (Å²) in [6.07, 6.45) is 1.97. The Morgan fingerprint density at radius 3 is 2.65 bits per heavy atom. The van der Waals surface area contributed by atoms with Gasteiger partial charge in [0.25, 0.3) is 0 Å². The number of hydrogen-bond acceptors (Lipinski definition) is 2. The van der Waals surface area contributed by atoms with E-state index in [4.69, 9.17) is 0 Å². The van der Waals surface area contributed by atoms with Crippen molar-refractivity contribution in [2.45, 2.75) is 53.1 Å². The summed E-state index contributed by atoms with van der Waals surface area (Å²) in [5.74, 6) is 0. The number of aryl methyl sites for hydroxylation is 2. The minimum atomic E-state index is 0.338. The molecule has 0 amide bonds. The Morgan fingerprint density at radius 2 is 2.18 bits per heavy atom. The highest BCUT2D eigenvalue weighted by atomic mass is 15.3. The number of nitrogens with one attached hydrogen (secondary N) is 1. The van der Waals surface area contributed by atoms with Gasteiger partial charge < -0.3 is 5.32 Å². The first kappa shape index (κ1) is 14.0. The molecule has 0 aliphatic heterocycles. The molecule has 3 heteroatoms. The van der Waals surface area contributed by atoms with Crippen LogP contribution in [0, 0.1) is 0 Å². The molecule has 0 radical (unpaired) electrons. The molecule has 1 aromatic heterocycles.